The van der Waals surface area contributed by atoms with E-state index in [9.17, 15) is 14.7 Å². The lowest BCUT2D eigenvalue weighted by Gasteiger charge is -2.34. The van der Waals surface area contributed by atoms with Gasteiger partial charge in [0.05, 0.1) is 5.37 Å². The number of nitrogens with zero attached hydrogens (tertiary/aromatic N) is 1. The first-order chi connectivity index (χ1) is 8.14. The maximum Gasteiger partial charge on any atom is 0.326 e. The SMILES string of the molecule is O=C(O)C1CCS[C@@H]2C[C@]3(CCCN3)C(=O)N12. The number of thioether (sulfide) groups is 1. The van der Waals surface area contributed by atoms with E-state index in [-0.39, 0.29) is 11.3 Å². The van der Waals surface area contributed by atoms with Crippen molar-refractivity contribution in [1.82, 2.24) is 10.2 Å². The number of rotatable bonds is 1. The van der Waals surface area contributed by atoms with Crippen LogP contribution in [0, 0.1) is 0 Å². The van der Waals surface area contributed by atoms with Gasteiger partial charge in [-0.3, -0.25) is 4.79 Å². The second-order valence-electron chi connectivity index (χ2n) is 5.00. The molecular formula is C11H16N2O3S. The van der Waals surface area contributed by atoms with Crippen molar-refractivity contribution < 1.29 is 14.7 Å². The lowest BCUT2D eigenvalue weighted by atomic mass is 9.96. The van der Waals surface area contributed by atoms with Gasteiger partial charge >= 0.3 is 5.97 Å². The predicted molar refractivity (Wildman–Crippen MR) is 63.7 cm³/mol. The Labute approximate surface area is 104 Å². The number of carboxylic acids is 1. The molecule has 3 fully saturated rings. The number of hydrogen-bond donors (Lipinski definition) is 2. The Morgan fingerprint density at radius 2 is 2.41 bits per heavy atom. The molecule has 1 spiro atoms. The molecule has 3 aliphatic rings. The summed E-state index contributed by atoms with van der Waals surface area (Å²) in [6.07, 6.45) is 3.19. The van der Waals surface area contributed by atoms with Gasteiger partial charge in [0.25, 0.3) is 0 Å². The van der Waals surface area contributed by atoms with Gasteiger partial charge in [-0.1, -0.05) is 0 Å². The highest BCUT2D eigenvalue weighted by atomic mass is 32.2. The van der Waals surface area contributed by atoms with Crippen LogP contribution >= 0.6 is 11.8 Å². The minimum atomic E-state index is -0.862. The van der Waals surface area contributed by atoms with E-state index in [1.54, 1.807) is 16.7 Å². The van der Waals surface area contributed by atoms with E-state index in [2.05, 4.69) is 5.32 Å². The molecule has 3 saturated heterocycles. The summed E-state index contributed by atoms with van der Waals surface area (Å²) in [6, 6.07) is -0.615. The number of carboxylic acid groups (broad SMARTS) is 1. The quantitative estimate of drug-likeness (QED) is 0.704. The van der Waals surface area contributed by atoms with Gasteiger partial charge in [0.2, 0.25) is 5.91 Å². The fraction of sp³-hybridized carbons (Fsp3) is 0.818. The number of amides is 1. The van der Waals surface area contributed by atoms with Gasteiger partial charge in [0, 0.05) is 6.42 Å². The van der Waals surface area contributed by atoms with E-state index >= 15 is 0 Å². The van der Waals surface area contributed by atoms with E-state index in [1.165, 1.54) is 0 Å². The second kappa shape index (κ2) is 3.88. The fourth-order valence-corrected chi connectivity index (χ4v) is 4.64. The zero-order valence-corrected chi connectivity index (χ0v) is 10.3. The van der Waals surface area contributed by atoms with Gasteiger partial charge < -0.3 is 15.3 Å². The van der Waals surface area contributed by atoms with Crippen LogP contribution in [0.2, 0.25) is 0 Å². The third-order valence-corrected chi connectivity index (χ3v) is 5.29. The Bertz CT molecular complexity index is 368. The maximum atomic E-state index is 12.5. The predicted octanol–water partition coefficient (Wildman–Crippen LogP) is 0.257. The minimum Gasteiger partial charge on any atom is -0.480 e. The summed E-state index contributed by atoms with van der Waals surface area (Å²) in [7, 11) is 0. The summed E-state index contributed by atoms with van der Waals surface area (Å²) in [5, 5.41) is 12.6. The molecule has 0 aromatic rings. The smallest absolute Gasteiger partial charge is 0.326 e. The lowest BCUT2D eigenvalue weighted by molar-refractivity contribution is -0.150. The third kappa shape index (κ3) is 1.57. The largest absolute Gasteiger partial charge is 0.480 e. The molecule has 0 aliphatic carbocycles. The Morgan fingerprint density at radius 1 is 1.59 bits per heavy atom. The van der Waals surface area contributed by atoms with E-state index in [4.69, 9.17) is 0 Å². The number of aliphatic carboxylic acids is 1. The molecule has 0 saturated carbocycles. The highest BCUT2D eigenvalue weighted by molar-refractivity contribution is 7.99. The first kappa shape index (κ1) is 11.3. The lowest BCUT2D eigenvalue weighted by Crippen LogP contribution is -2.53. The van der Waals surface area contributed by atoms with Crippen molar-refractivity contribution in [2.24, 2.45) is 0 Å². The van der Waals surface area contributed by atoms with Crippen molar-refractivity contribution in [3.05, 3.63) is 0 Å². The van der Waals surface area contributed by atoms with Crippen molar-refractivity contribution in [1.29, 1.82) is 0 Å². The minimum absolute atomic E-state index is 0.0135. The molecule has 3 aliphatic heterocycles. The van der Waals surface area contributed by atoms with Crippen LogP contribution in [0.3, 0.4) is 0 Å². The van der Waals surface area contributed by atoms with E-state index in [0.717, 1.165) is 31.6 Å². The normalized spacial score (nSPS) is 40.9. The number of carbonyl (C=O) groups is 2. The number of nitrogens with one attached hydrogen (secondary N) is 1. The van der Waals surface area contributed by atoms with Crippen molar-refractivity contribution >= 4 is 23.6 Å². The summed E-state index contributed by atoms with van der Waals surface area (Å²) >= 11 is 1.72. The average molecular weight is 256 g/mol. The molecule has 6 heteroatoms. The molecule has 17 heavy (non-hydrogen) atoms. The highest BCUT2D eigenvalue weighted by Crippen LogP contribution is 2.43. The molecule has 1 unspecified atom stereocenters. The first-order valence-corrected chi connectivity index (χ1v) is 7.11. The fourth-order valence-electron chi connectivity index (χ4n) is 3.20. The first-order valence-electron chi connectivity index (χ1n) is 6.06. The molecule has 0 bridgehead atoms. The van der Waals surface area contributed by atoms with Gasteiger partial charge in [0.15, 0.2) is 0 Å². The van der Waals surface area contributed by atoms with Crippen LogP contribution in [0.15, 0.2) is 0 Å². The molecule has 2 N–H and O–H groups in total. The average Bonchev–Trinajstić information content (AvgIpc) is 2.87. The van der Waals surface area contributed by atoms with E-state index in [1.807, 2.05) is 0 Å². The molecule has 94 valence electrons. The number of fused-ring (bicyclic) bond motifs is 1. The van der Waals surface area contributed by atoms with Crippen molar-refractivity contribution in [3.8, 4) is 0 Å². The number of carbonyl (C=O) groups excluding carboxylic acids is 1. The van der Waals surface area contributed by atoms with Gasteiger partial charge in [-0.05, 0) is 31.6 Å². The third-order valence-electron chi connectivity index (χ3n) is 4.04. The molecule has 3 atom stereocenters. The van der Waals surface area contributed by atoms with Crippen molar-refractivity contribution in [2.75, 3.05) is 12.3 Å². The van der Waals surface area contributed by atoms with Crippen LogP contribution < -0.4 is 5.32 Å². The van der Waals surface area contributed by atoms with E-state index in [0.29, 0.717) is 6.42 Å². The molecule has 3 rings (SSSR count). The van der Waals surface area contributed by atoms with Gasteiger partial charge in [-0.2, -0.15) is 0 Å². The monoisotopic (exact) mass is 256 g/mol. The van der Waals surface area contributed by atoms with Crippen LogP contribution in [-0.2, 0) is 9.59 Å². The summed E-state index contributed by atoms with van der Waals surface area (Å²) in [6.45, 7) is 0.870. The van der Waals surface area contributed by atoms with Crippen molar-refractivity contribution in [2.45, 2.75) is 42.6 Å². The molecule has 0 aromatic heterocycles. The molecule has 5 nitrogen and oxygen atoms in total. The molecular weight excluding hydrogens is 240 g/mol. The van der Waals surface area contributed by atoms with Gasteiger partial charge in [-0.15, -0.1) is 11.8 Å². The van der Waals surface area contributed by atoms with Gasteiger partial charge in [-0.25, -0.2) is 4.79 Å². The Balaban J connectivity index is 1.90. The summed E-state index contributed by atoms with van der Waals surface area (Å²) in [5.41, 5.74) is -0.449. The molecule has 0 aromatic carbocycles. The van der Waals surface area contributed by atoms with Crippen LogP contribution in [0.4, 0.5) is 0 Å². The maximum absolute atomic E-state index is 12.5. The Hall–Kier alpha value is -0.750. The molecule has 1 amide bonds. The zero-order valence-electron chi connectivity index (χ0n) is 9.52. The van der Waals surface area contributed by atoms with Crippen LogP contribution in [0.1, 0.15) is 25.7 Å². The number of hydrogen-bond acceptors (Lipinski definition) is 4. The van der Waals surface area contributed by atoms with Gasteiger partial charge in [0.1, 0.15) is 11.6 Å². The topological polar surface area (TPSA) is 69.6 Å². The Morgan fingerprint density at radius 3 is 3.06 bits per heavy atom. The summed E-state index contributed by atoms with van der Waals surface area (Å²) < 4.78 is 0. The zero-order chi connectivity index (χ0) is 12.0. The van der Waals surface area contributed by atoms with Crippen molar-refractivity contribution in [3.63, 3.8) is 0 Å². The molecule has 3 heterocycles. The Kier molecular flexibility index (Phi) is 2.59. The van der Waals surface area contributed by atoms with Crippen LogP contribution in [0.5, 0.6) is 0 Å². The summed E-state index contributed by atoms with van der Waals surface area (Å²) in [5.74, 6) is -0.0140. The highest BCUT2D eigenvalue weighted by Gasteiger charge is 2.56. The second-order valence-corrected chi connectivity index (χ2v) is 6.28. The van der Waals surface area contributed by atoms with Crippen LogP contribution in [-0.4, -0.2) is 51.1 Å². The molecule has 0 radical (unpaired) electrons. The standard InChI is InChI=1S/C11H16N2O3S/c14-9(15)7-2-5-17-8-6-11(3-1-4-12-11)10(16)13(7)8/h7-8,12H,1-6H2,(H,14,15)/t7?,8-,11-/m1/s1. The van der Waals surface area contributed by atoms with E-state index < -0.39 is 17.6 Å². The summed E-state index contributed by atoms with van der Waals surface area (Å²) in [4.78, 5) is 25.3. The van der Waals surface area contributed by atoms with Crippen LogP contribution in [0.25, 0.3) is 0 Å².